The number of nitrogens with two attached hydrogens (primary N) is 3. The molecule has 0 fully saturated rings. The third-order valence-corrected chi connectivity index (χ3v) is 20.3. The van der Waals surface area contributed by atoms with Crippen LogP contribution in [-0.2, 0) is 29.1 Å². The number of anilines is 5. The summed E-state index contributed by atoms with van der Waals surface area (Å²) in [6.07, 6.45) is 2.11. The Morgan fingerprint density at radius 1 is 0.495 bits per heavy atom. The summed E-state index contributed by atoms with van der Waals surface area (Å²) in [6.45, 7) is 17.6. The minimum Gasteiger partial charge on any atom is -0.398 e. The summed E-state index contributed by atoms with van der Waals surface area (Å²) in [5, 5.41) is 28.7. The van der Waals surface area contributed by atoms with E-state index in [2.05, 4.69) is 112 Å². The molecule has 3 atom stereocenters. The van der Waals surface area contributed by atoms with E-state index in [1.54, 1.807) is 44.7 Å². The first-order valence-corrected chi connectivity index (χ1v) is 40.9. The topological polar surface area (TPSA) is 287 Å². The largest absolute Gasteiger partial charge is 0.398 e. The van der Waals surface area contributed by atoms with Crippen LogP contribution < -0.4 is 42.6 Å². The zero-order valence-electron chi connectivity index (χ0n) is 55.2. The molecule has 0 saturated carbocycles. The van der Waals surface area contributed by atoms with Crippen molar-refractivity contribution in [2.24, 2.45) is 5.73 Å². The number of hydrogen-bond donors (Lipinski definition) is 8. The number of alkyl halides is 2. The third-order valence-electron chi connectivity index (χ3n) is 14.4. The highest BCUT2D eigenvalue weighted by Crippen LogP contribution is 2.34. The fourth-order valence-corrected chi connectivity index (χ4v) is 15.2. The van der Waals surface area contributed by atoms with E-state index in [4.69, 9.17) is 97.5 Å². The van der Waals surface area contributed by atoms with Crippen LogP contribution >= 0.6 is 125 Å². The first-order valence-electron chi connectivity index (χ1n) is 30.5. The number of rotatable bonds is 23. The number of fused-ring (bicyclic) bond motifs is 3. The Morgan fingerprint density at radius 2 is 0.828 bits per heavy atom. The molecule has 0 aliphatic carbocycles. The Morgan fingerprint density at radius 3 is 1.16 bits per heavy atom. The number of nitro benzene ring substituents is 1. The number of nitrogen functional groups attached to an aromatic ring is 2. The predicted octanol–water partition coefficient (Wildman–Crippen LogP) is 18.1. The van der Waals surface area contributed by atoms with Gasteiger partial charge in [0.2, 0.25) is 20.0 Å². The van der Waals surface area contributed by atoms with Crippen molar-refractivity contribution in [3.05, 3.63) is 206 Å². The van der Waals surface area contributed by atoms with Gasteiger partial charge in [-0.1, -0.05) is 209 Å². The van der Waals surface area contributed by atoms with Crippen LogP contribution in [0.4, 0.5) is 34.1 Å². The molecule has 32 heteroatoms. The van der Waals surface area contributed by atoms with Gasteiger partial charge in [-0.3, -0.25) is 10.1 Å². The molecule has 18 nitrogen and oxygen atoms in total. The first kappa shape index (κ1) is 90.6. The predicted molar refractivity (Wildman–Crippen MR) is 442 cm³/mol. The minimum absolute atomic E-state index is 0.00522. The zero-order valence-corrected chi connectivity index (χ0v) is 67.3. The standard InChI is InChI=1S/C20H21Cl2N3O2S.C20H21N3O4S.C14H18N2.C6H4Cl3NO2S.C6H15N.CH2Cl2.2BI/c1-2-15(12-24-19-9-5-7-13-6-3-4-8-16(13)19)25-28(26,27)20-17(22)10-14(21)11-18(20)23;1-2-16(14-21-18-11-7-9-15-8-3-4-10-17(15)18)22-28(26,27)20-13-6-5-12-19(20)23(24)25;1-2-12(15)10-16-14-9-5-7-11-6-3-4-8-13(11)14;7-3-1-4(8)6(5(10)2-3)13(9,11)12;1-4-7(5-2)6-3;2-1-3;2*1-2/h3-11,15,24-25H,2,12,23H2,1H3;3-13,16,21-22H,2,14H2,1H3;3-9,12,16H,2,10,15H2,1H3;1-2H,10H2;4-6H2,1-3H3;1H2;;. The smallest absolute Gasteiger partial charge is 0.289 e. The Hall–Kier alpha value is -4.53. The lowest BCUT2D eigenvalue weighted by Crippen LogP contribution is -2.39. The molecule has 0 aliphatic rings. The lowest BCUT2D eigenvalue weighted by molar-refractivity contribution is -0.387. The van der Waals surface area contributed by atoms with E-state index in [0.717, 1.165) is 45.9 Å². The monoisotopic (exact) mass is 1770 g/mol. The molecule has 0 spiro atoms. The second-order valence-corrected chi connectivity index (χ2v) is 29.2. The molecule has 4 radical (unpaired) electrons. The van der Waals surface area contributed by atoms with Crippen molar-refractivity contribution in [2.75, 3.05) is 72.0 Å². The van der Waals surface area contributed by atoms with Crippen molar-refractivity contribution in [3.63, 3.8) is 0 Å². The van der Waals surface area contributed by atoms with E-state index in [1.807, 2.05) is 98.8 Å². The molecule has 9 rings (SSSR count). The number of para-hydroxylation sites is 1. The summed E-state index contributed by atoms with van der Waals surface area (Å²) in [6, 6.07) is 52.5. The van der Waals surface area contributed by atoms with Gasteiger partial charge in [-0.25, -0.2) is 34.7 Å². The van der Waals surface area contributed by atoms with Crippen LogP contribution in [0.25, 0.3) is 32.3 Å². The quantitative estimate of drug-likeness (QED) is 0.00562. The maximum Gasteiger partial charge on any atom is 0.289 e. The Bertz CT molecular complexity index is 4240. The molecule has 0 aromatic heterocycles. The van der Waals surface area contributed by atoms with Crippen LogP contribution in [0, 0.1) is 10.1 Å². The highest BCUT2D eigenvalue weighted by Gasteiger charge is 2.28. The SMILES string of the molecule is CCC(CNc1cccc2ccccc12)NS(=O)(=O)c1c(N)cc(Cl)cc1Cl.CCC(CNc1cccc2ccccc12)NS(=O)(=O)c1ccccc1[N+](=O)[O-].CCC(N)CNc1cccc2ccccc12.CCN(CC)CC.ClCCl.Nc1cc(Cl)cc(Cl)c1S(=O)(=O)Cl.[B]I.[B]I. The average Bonchev–Trinajstić information content (AvgIpc) is 0.795. The summed E-state index contributed by atoms with van der Waals surface area (Å²) in [5.74, 6) is 0. The van der Waals surface area contributed by atoms with Gasteiger partial charge in [-0.15, -0.1) is 23.2 Å². The van der Waals surface area contributed by atoms with Crippen molar-refractivity contribution in [1.82, 2.24) is 14.3 Å². The van der Waals surface area contributed by atoms with Gasteiger partial charge >= 0.3 is 0 Å². The van der Waals surface area contributed by atoms with Gasteiger partial charge in [0.05, 0.1) is 31.7 Å². The summed E-state index contributed by atoms with van der Waals surface area (Å²) in [7, 11) is -6.77. The van der Waals surface area contributed by atoms with Crippen LogP contribution in [0.15, 0.2) is 191 Å². The molecular formula is C67H81B2Cl7I2N10O8S3. The van der Waals surface area contributed by atoms with Crippen molar-refractivity contribution < 1.29 is 30.2 Å². The van der Waals surface area contributed by atoms with Crippen LogP contribution in [0.2, 0.25) is 20.1 Å². The molecule has 99 heavy (non-hydrogen) atoms. The van der Waals surface area contributed by atoms with Crippen molar-refractivity contribution in [2.45, 2.75) is 93.6 Å². The highest BCUT2D eigenvalue weighted by molar-refractivity contribution is 14.1. The molecule has 0 heterocycles. The lowest BCUT2D eigenvalue weighted by atomic mass is 10.1. The fourth-order valence-electron chi connectivity index (χ4n) is 9.30. The van der Waals surface area contributed by atoms with Crippen LogP contribution in [-0.4, -0.2) is 109 Å². The maximum absolute atomic E-state index is 12.8. The van der Waals surface area contributed by atoms with Crippen LogP contribution in [0.1, 0.15) is 60.8 Å². The van der Waals surface area contributed by atoms with Gasteiger partial charge in [0.1, 0.15) is 9.79 Å². The number of hydrogen-bond acceptors (Lipinski definition) is 15. The number of nitro groups is 1. The number of halogens is 9. The normalized spacial score (nSPS) is 11.8. The van der Waals surface area contributed by atoms with E-state index < -0.39 is 45.7 Å². The average molecular weight is 1770 g/mol. The van der Waals surface area contributed by atoms with Crippen LogP contribution in [0.5, 0.6) is 0 Å². The van der Waals surface area contributed by atoms with E-state index >= 15 is 0 Å². The van der Waals surface area contributed by atoms with E-state index in [-0.39, 0.29) is 63.6 Å². The summed E-state index contributed by atoms with van der Waals surface area (Å²) >= 11 is 36.0. The Kier molecular flexibility index (Phi) is 43.6. The second kappa shape index (κ2) is 47.7. The van der Waals surface area contributed by atoms with Gasteiger partial charge in [-0.2, -0.15) is 44.7 Å². The fraction of sp³-hybridized carbons (Fsp3) is 0.284. The molecule has 9 aromatic rings. The van der Waals surface area contributed by atoms with E-state index in [9.17, 15) is 35.4 Å². The maximum atomic E-state index is 12.8. The Labute approximate surface area is 647 Å². The van der Waals surface area contributed by atoms with Crippen molar-refractivity contribution in [3.8, 4) is 0 Å². The number of nitrogens with zero attached hydrogens (tertiary/aromatic N) is 2. The lowest BCUT2D eigenvalue weighted by Gasteiger charge is -2.20. The van der Waals surface area contributed by atoms with Crippen molar-refractivity contribution in [1.29, 1.82) is 0 Å². The zero-order chi connectivity index (χ0) is 74.5. The molecule has 0 bridgehead atoms. The molecule has 9 aromatic carbocycles. The van der Waals surface area contributed by atoms with E-state index in [0.29, 0.717) is 25.9 Å². The molecule has 0 saturated heterocycles. The third kappa shape index (κ3) is 30.4. The summed E-state index contributed by atoms with van der Waals surface area (Å²) < 4.78 is 78.2. The van der Waals surface area contributed by atoms with Gasteiger partial charge in [0.15, 0.2) is 16.3 Å². The number of benzene rings is 9. The molecule has 0 amide bonds. The summed E-state index contributed by atoms with van der Waals surface area (Å²) in [4.78, 5) is 12.1. The highest BCUT2D eigenvalue weighted by atomic mass is 127. The second-order valence-electron chi connectivity index (χ2n) is 20.8. The van der Waals surface area contributed by atoms with Crippen molar-refractivity contribution >= 4 is 232 Å². The number of sulfonamides is 2. The molecular weight excluding hydrogens is 1690 g/mol. The first-order chi connectivity index (χ1) is 47.1. The molecule has 0 aliphatic heterocycles. The molecule has 3 unspecified atom stereocenters. The summed E-state index contributed by atoms with van der Waals surface area (Å²) in [5.41, 5.74) is 28.6. The van der Waals surface area contributed by atoms with Gasteiger partial charge in [0, 0.05) is 97.8 Å². The van der Waals surface area contributed by atoms with E-state index in [1.165, 1.54) is 84.6 Å². The molecule has 534 valence electrons. The van der Waals surface area contributed by atoms with Crippen LogP contribution in [0.3, 0.4) is 0 Å². The van der Waals surface area contributed by atoms with Gasteiger partial charge in [-0.05, 0) is 104 Å². The molecule has 11 N–H and O–H groups in total. The Balaban J connectivity index is 0.000000436. The minimum atomic E-state index is -4.03. The van der Waals surface area contributed by atoms with Gasteiger partial charge in [0.25, 0.3) is 14.7 Å². The number of nitrogens with one attached hydrogen (secondary N) is 5. The van der Waals surface area contributed by atoms with Gasteiger partial charge < -0.3 is 38.1 Å².